The number of fused-ring (bicyclic) bond motifs is 1. The highest BCUT2D eigenvalue weighted by atomic mass is 16.1. The number of carbonyl (C=O) groups is 1. The van der Waals surface area contributed by atoms with Crippen LogP contribution in [0.4, 0.5) is 0 Å². The molecule has 0 spiro atoms. The van der Waals surface area contributed by atoms with Gasteiger partial charge in [0.25, 0.3) is 0 Å². The van der Waals surface area contributed by atoms with Gasteiger partial charge in [-0.05, 0) is 18.2 Å². The Morgan fingerprint density at radius 3 is 2.76 bits per heavy atom. The van der Waals surface area contributed by atoms with Gasteiger partial charge in [0.15, 0.2) is 11.9 Å². The minimum absolute atomic E-state index is 0.497. The van der Waals surface area contributed by atoms with Crippen LogP contribution in [-0.4, -0.2) is 25.9 Å². The summed E-state index contributed by atoms with van der Waals surface area (Å²) in [4.78, 5) is 19.3. The van der Waals surface area contributed by atoms with Crippen LogP contribution in [0.5, 0.6) is 0 Å². The number of pyridine rings is 1. The third-order valence-corrected chi connectivity index (χ3v) is 2.50. The molecule has 0 N–H and O–H groups in total. The van der Waals surface area contributed by atoms with Crippen LogP contribution in [0, 0.1) is 0 Å². The Morgan fingerprint density at radius 2 is 2.00 bits per heavy atom. The fraction of sp³-hybridized carbons (Fsp3) is 0. The summed E-state index contributed by atoms with van der Waals surface area (Å²) in [5.41, 5.74) is 2.54. The standard InChI is InChI=1S/C12H8N4O/c17-8-10-11(9-2-5-13-6-3-9)15-16-7-1-4-14-12(10)16/h1-8H. The van der Waals surface area contributed by atoms with E-state index in [0.29, 0.717) is 16.9 Å². The third-order valence-electron chi connectivity index (χ3n) is 2.50. The van der Waals surface area contributed by atoms with Crippen molar-refractivity contribution in [3.8, 4) is 11.3 Å². The van der Waals surface area contributed by atoms with E-state index < -0.39 is 0 Å². The fourth-order valence-electron chi connectivity index (χ4n) is 1.74. The maximum absolute atomic E-state index is 11.2. The van der Waals surface area contributed by atoms with Crippen molar-refractivity contribution in [3.63, 3.8) is 0 Å². The molecule has 0 radical (unpaired) electrons. The van der Waals surface area contributed by atoms with E-state index >= 15 is 0 Å². The Bertz CT molecular complexity index is 675. The molecule has 0 fully saturated rings. The van der Waals surface area contributed by atoms with E-state index in [1.54, 1.807) is 35.4 Å². The lowest BCUT2D eigenvalue weighted by molar-refractivity contribution is 0.112. The molecular weight excluding hydrogens is 216 g/mol. The van der Waals surface area contributed by atoms with Gasteiger partial charge >= 0.3 is 0 Å². The summed E-state index contributed by atoms with van der Waals surface area (Å²) in [7, 11) is 0. The van der Waals surface area contributed by atoms with Gasteiger partial charge in [0.1, 0.15) is 5.69 Å². The maximum atomic E-state index is 11.2. The summed E-state index contributed by atoms with van der Waals surface area (Å²) in [6.07, 6.45) is 7.52. The Labute approximate surface area is 96.8 Å². The van der Waals surface area contributed by atoms with Crippen molar-refractivity contribution in [2.45, 2.75) is 0 Å². The number of hydrogen-bond acceptors (Lipinski definition) is 4. The summed E-state index contributed by atoms with van der Waals surface area (Å²) in [6, 6.07) is 5.40. The zero-order valence-electron chi connectivity index (χ0n) is 8.82. The first-order chi connectivity index (χ1) is 8.40. The van der Waals surface area contributed by atoms with Crippen molar-refractivity contribution < 1.29 is 4.79 Å². The number of carbonyl (C=O) groups excluding carboxylic acids is 1. The molecule has 3 heterocycles. The molecule has 0 saturated heterocycles. The van der Waals surface area contributed by atoms with Crippen LogP contribution in [0.3, 0.4) is 0 Å². The smallest absolute Gasteiger partial charge is 0.166 e. The van der Waals surface area contributed by atoms with E-state index in [2.05, 4.69) is 15.1 Å². The third kappa shape index (κ3) is 1.48. The molecule has 0 aromatic carbocycles. The summed E-state index contributed by atoms with van der Waals surface area (Å²) in [5, 5.41) is 4.35. The predicted octanol–water partition coefficient (Wildman–Crippen LogP) is 1.60. The molecule has 17 heavy (non-hydrogen) atoms. The van der Waals surface area contributed by atoms with Crippen molar-refractivity contribution in [3.05, 3.63) is 48.5 Å². The SMILES string of the molecule is O=Cc1c(-c2ccncc2)nn2cccnc12. The first kappa shape index (κ1) is 9.65. The van der Waals surface area contributed by atoms with E-state index in [-0.39, 0.29) is 0 Å². The van der Waals surface area contributed by atoms with Crippen LogP contribution in [0.25, 0.3) is 16.9 Å². The van der Waals surface area contributed by atoms with Gasteiger partial charge in [-0.15, -0.1) is 0 Å². The average molecular weight is 224 g/mol. The average Bonchev–Trinajstić information content (AvgIpc) is 2.78. The maximum Gasteiger partial charge on any atom is 0.166 e. The topological polar surface area (TPSA) is 60.2 Å². The highest BCUT2D eigenvalue weighted by Crippen LogP contribution is 2.22. The molecule has 0 unspecified atom stereocenters. The van der Waals surface area contributed by atoms with Crippen molar-refractivity contribution in [2.75, 3.05) is 0 Å². The van der Waals surface area contributed by atoms with Gasteiger partial charge in [0.05, 0.1) is 5.56 Å². The highest BCUT2D eigenvalue weighted by molar-refractivity contribution is 5.93. The van der Waals surface area contributed by atoms with Gasteiger partial charge in [0.2, 0.25) is 0 Å². The van der Waals surface area contributed by atoms with Crippen LogP contribution in [0.1, 0.15) is 10.4 Å². The number of aromatic nitrogens is 4. The molecule has 3 aromatic rings. The quantitative estimate of drug-likeness (QED) is 0.620. The lowest BCUT2D eigenvalue weighted by Gasteiger charge is -1.94. The van der Waals surface area contributed by atoms with Crippen molar-refractivity contribution in [1.82, 2.24) is 19.6 Å². The van der Waals surface area contributed by atoms with Crippen LogP contribution < -0.4 is 0 Å². The first-order valence-electron chi connectivity index (χ1n) is 5.09. The van der Waals surface area contributed by atoms with Crippen molar-refractivity contribution in [2.24, 2.45) is 0 Å². The van der Waals surface area contributed by atoms with Crippen molar-refractivity contribution in [1.29, 1.82) is 0 Å². The number of hydrogen-bond donors (Lipinski definition) is 0. The Hall–Kier alpha value is -2.56. The monoisotopic (exact) mass is 224 g/mol. The van der Waals surface area contributed by atoms with Gasteiger partial charge in [-0.1, -0.05) is 0 Å². The summed E-state index contributed by atoms with van der Waals surface area (Å²) in [5.74, 6) is 0. The molecule has 0 aliphatic heterocycles. The minimum atomic E-state index is 0.497. The summed E-state index contributed by atoms with van der Waals surface area (Å²) < 4.78 is 1.60. The fourth-order valence-corrected chi connectivity index (χ4v) is 1.74. The molecule has 0 aliphatic carbocycles. The normalized spacial score (nSPS) is 10.6. The Kier molecular flexibility index (Phi) is 2.15. The van der Waals surface area contributed by atoms with Gasteiger partial charge in [-0.25, -0.2) is 9.50 Å². The molecule has 0 aliphatic rings. The molecule has 0 bridgehead atoms. The second-order valence-corrected chi connectivity index (χ2v) is 3.50. The van der Waals surface area contributed by atoms with E-state index in [0.717, 1.165) is 11.8 Å². The molecule has 82 valence electrons. The lowest BCUT2D eigenvalue weighted by Crippen LogP contribution is -1.88. The zero-order valence-corrected chi connectivity index (χ0v) is 8.82. The Morgan fingerprint density at radius 1 is 1.18 bits per heavy atom. The molecular formula is C12H8N4O. The Balaban J connectivity index is 2.33. The van der Waals surface area contributed by atoms with Gasteiger partial charge in [0, 0.05) is 30.4 Å². The van der Waals surface area contributed by atoms with E-state index in [4.69, 9.17) is 0 Å². The van der Waals surface area contributed by atoms with E-state index in [1.165, 1.54) is 0 Å². The molecule has 5 nitrogen and oxygen atoms in total. The van der Waals surface area contributed by atoms with Crippen LogP contribution in [-0.2, 0) is 0 Å². The van der Waals surface area contributed by atoms with Crippen LogP contribution in [0.2, 0.25) is 0 Å². The molecule has 3 rings (SSSR count). The number of aldehydes is 1. The lowest BCUT2D eigenvalue weighted by atomic mass is 10.1. The number of nitrogens with zero attached hydrogens (tertiary/aromatic N) is 4. The van der Waals surface area contributed by atoms with Crippen LogP contribution >= 0.6 is 0 Å². The largest absolute Gasteiger partial charge is 0.298 e. The molecule has 0 saturated carbocycles. The van der Waals surface area contributed by atoms with Crippen molar-refractivity contribution >= 4 is 11.9 Å². The summed E-state index contributed by atoms with van der Waals surface area (Å²) >= 11 is 0. The molecule has 0 amide bonds. The second kappa shape index (κ2) is 3.79. The zero-order chi connectivity index (χ0) is 11.7. The summed E-state index contributed by atoms with van der Waals surface area (Å²) in [6.45, 7) is 0. The number of rotatable bonds is 2. The molecule has 0 atom stereocenters. The predicted molar refractivity (Wildman–Crippen MR) is 61.6 cm³/mol. The van der Waals surface area contributed by atoms with Gasteiger partial charge < -0.3 is 0 Å². The molecule has 3 aromatic heterocycles. The van der Waals surface area contributed by atoms with Gasteiger partial charge in [-0.2, -0.15) is 5.10 Å². The van der Waals surface area contributed by atoms with E-state index in [9.17, 15) is 4.79 Å². The first-order valence-corrected chi connectivity index (χ1v) is 5.09. The van der Waals surface area contributed by atoms with E-state index in [1.807, 2.05) is 12.1 Å². The minimum Gasteiger partial charge on any atom is -0.298 e. The second-order valence-electron chi connectivity index (χ2n) is 3.50. The molecule has 5 heteroatoms. The highest BCUT2D eigenvalue weighted by Gasteiger charge is 2.13. The van der Waals surface area contributed by atoms with Gasteiger partial charge in [-0.3, -0.25) is 9.78 Å². The van der Waals surface area contributed by atoms with Crippen LogP contribution in [0.15, 0.2) is 43.0 Å².